The van der Waals surface area contributed by atoms with Gasteiger partial charge in [0.05, 0.1) is 25.8 Å². The van der Waals surface area contributed by atoms with Crippen LogP contribution in [0.3, 0.4) is 0 Å². The van der Waals surface area contributed by atoms with Crippen LogP contribution in [0.1, 0.15) is 21.0 Å². The minimum Gasteiger partial charge on any atom is -0.493 e. The van der Waals surface area contributed by atoms with Crippen molar-refractivity contribution < 1.29 is 9.47 Å². The summed E-state index contributed by atoms with van der Waals surface area (Å²) in [5.41, 5.74) is 2.56. The van der Waals surface area contributed by atoms with Crippen molar-refractivity contribution in [2.75, 3.05) is 27.8 Å². The van der Waals surface area contributed by atoms with Crippen molar-refractivity contribution in [1.82, 2.24) is 15.2 Å². The van der Waals surface area contributed by atoms with Crippen LogP contribution in [0.5, 0.6) is 11.5 Å². The normalized spacial score (nSPS) is 14.2. The Labute approximate surface area is 152 Å². The molecule has 134 valence electrons. The van der Waals surface area contributed by atoms with Gasteiger partial charge in [-0.2, -0.15) is 0 Å². The van der Waals surface area contributed by atoms with Crippen LogP contribution in [0, 0.1) is 6.92 Å². The summed E-state index contributed by atoms with van der Waals surface area (Å²) >= 11 is 1.71. The van der Waals surface area contributed by atoms with Crippen LogP contribution in [0.4, 0.5) is 0 Å². The monoisotopic (exact) mass is 360 g/mol. The lowest BCUT2D eigenvalue weighted by Crippen LogP contribution is -2.43. The van der Waals surface area contributed by atoms with Crippen LogP contribution in [0.15, 0.2) is 23.3 Å². The summed E-state index contributed by atoms with van der Waals surface area (Å²) in [4.78, 5) is 12.2. The number of thiazole rings is 1. The van der Waals surface area contributed by atoms with Crippen LogP contribution in [0.2, 0.25) is 0 Å². The molecule has 0 radical (unpaired) electrons. The second-order valence-corrected chi connectivity index (χ2v) is 7.21. The first kappa shape index (κ1) is 17.5. The van der Waals surface area contributed by atoms with Gasteiger partial charge in [-0.25, -0.2) is 4.98 Å². The number of fused-ring (bicyclic) bond motifs is 1. The minimum absolute atomic E-state index is 0.744. The summed E-state index contributed by atoms with van der Waals surface area (Å²) in [5.74, 6) is 2.47. The van der Waals surface area contributed by atoms with Gasteiger partial charge in [0.25, 0.3) is 0 Å². The van der Waals surface area contributed by atoms with E-state index in [9.17, 15) is 0 Å². The van der Waals surface area contributed by atoms with Crippen molar-refractivity contribution in [3.8, 4) is 11.5 Å². The number of rotatable bonds is 4. The van der Waals surface area contributed by atoms with Crippen molar-refractivity contribution in [1.29, 1.82) is 0 Å². The standard InChI is InChI=1S/C18H24N4O2S/c1-12-20-9-15(25-12)10-21-18(19-2)22-6-5-13-7-16(23-3)17(24-4)8-14(13)11-22/h7-9H,5-6,10-11H2,1-4H3,(H,19,21). The van der Waals surface area contributed by atoms with Crippen LogP contribution >= 0.6 is 11.3 Å². The molecule has 1 aliphatic rings. The summed E-state index contributed by atoms with van der Waals surface area (Å²) in [6.07, 6.45) is 2.87. The van der Waals surface area contributed by atoms with E-state index in [-0.39, 0.29) is 0 Å². The molecular formula is C18H24N4O2S. The SMILES string of the molecule is CN=C(NCc1cnc(C)s1)N1CCc2cc(OC)c(OC)cc2C1. The molecule has 25 heavy (non-hydrogen) atoms. The maximum absolute atomic E-state index is 5.44. The molecule has 7 heteroatoms. The third kappa shape index (κ3) is 3.87. The lowest BCUT2D eigenvalue weighted by atomic mass is 9.99. The Kier molecular flexibility index (Phi) is 5.43. The van der Waals surface area contributed by atoms with Gasteiger partial charge in [-0.3, -0.25) is 4.99 Å². The number of hydrogen-bond donors (Lipinski definition) is 1. The quantitative estimate of drug-likeness (QED) is 0.671. The summed E-state index contributed by atoms with van der Waals surface area (Å²) in [7, 11) is 5.17. The zero-order chi connectivity index (χ0) is 17.8. The Morgan fingerprint density at radius 3 is 2.60 bits per heavy atom. The average Bonchev–Trinajstić information content (AvgIpc) is 3.06. The van der Waals surface area contributed by atoms with Gasteiger partial charge in [0.1, 0.15) is 0 Å². The Balaban J connectivity index is 1.71. The van der Waals surface area contributed by atoms with E-state index in [0.29, 0.717) is 0 Å². The minimum atomic E-state index is 0.744. The molecule has 0 amide bonds. The predicted molar refractivity (Wildman–Crippen MR) is 101 cm³/mol. The van der Waals surface area contributed by atoms with Gasteiger partial charge >= 0.3 is 0 Å². The highest BCUT2D eigenvalue weighted by molar-refractivity contribution is 7.11. The molecule has 0 fully saturated rings. The van der Waals surface area contributed by atoms with E-state index in [1.165, 1.54) is 16.0 Å². The number of nitrogens with one attached hydrogen (secondary N) is 1. The second-order valence-electron chi connectivity index (χ2n) is 5.89. The van der Waals surface area contributed by atoms with Crippen molar-refractivity contribution in [3.05, 3.63) is 39.3 Å². The van der Waals surface area contributed by atoms with E-state index in [1.54, 1.807) is 25.6 Å². The van der Waals surface area contributed by atoms with E-state index in [0.717, 1.165) is 48.5 Å². The van der Waals surface area contributed by atoms with Crippen molar-refractivity contribution >= 4 is 17.3 Å². The molecule has 0 aliphatic carbocycles. The number of aromatic nitrogens is 1. The third-order valence-corrected chi connectivity index (χ3v) is 5.23. The first-order valence-corrected chi connectivity index (χ1v) is 9.07. The van der Waals surface area contributed by atoms with E-state index >= 15 is 0 Å². The first-order chi connectivity index (χ1) is 12.1. The van der Waals surface area contributed by atoms with Crippen molar-refractivity contribution in [2.24, 2.45) is 4.99 Å². The van der Waals surface area contributed by atoms with Crippen molar-refractivity contribution in [3.63, 3.8) is 0 Å². The number of guanidine groups is 1. The van der Waals surface area contributed by atoms with E-state index in [1.807, 2.05) is 20.2 Å². The smallest absolute Gasteiger partial charge is 0.194 e. The summed E-state index contributed by atoms with van der Waals surface area (Å²) < 4.78 is 10.8. The maximum atomic E-state index is 5.44. The molecule has 6 nitrogen and oxygen atoms in total. The molecule has 1 aromatic carbocycles. The summed E-state index contributed by atoms with van der Waals surface area (Å²) in [6, 6.07) is 4.15. The summed E-state index contributed by atoms with van der Waals surface area (Å²) in [6.45, 7) is 4.49. The zero-order valence-electron chi connectivity index (χ0n) is 15.1. The molecule has 1 aliphatic heterocycles. The lowest BCUT2D eigenvalue weighted by Gasteiger charge is -2.32. The molecule has 2 aromatic rings. The van der Waals surface area contributed by atoms with Crippen LogP contribution < -0.4 is 14.8 Å². The van der Waals surface area contributed by atoms with Crippen LogP contribution in [0.25, 0.3) is 0 Å². The van der Waals surface area contributed by atoms with Gasteiger partial charge in [0.15, 0.2) is 17.5 Å². The molecule has 0 saturated carbocycles. The van der Waals surface area contributed by atoms with Gasteiger partial charge in [0.2, 0.25) is 0 Å². The highest BCUT2D eigenvalue weighted by atomic mass is 32.1. The number of nitrogens with zero attached hydrogens (tertiary/aromatic N) is 3. The molecule has 2 heterocycles. The number of aliphatic imine (C=N–C) groups is 1. The largest absolute Gasteiger partial charge is 0.493 e. The molecule has 1 N–H and O–H groups in total. The number of aryl methyl sites for hydroxylation is 1. The average molecular weight is 360 g/mol. The third-order valence-electron chi connectivity index (χ3n) is 4.32. The molecular weight excluding hydrogens is 336 g/mol. The highest BCUT2D eigenvalue weighted by Crippen LogP contribution is 2.33. The Hall–Kier alpha value is -2.28. The number of ether oxygens (including phenoxy) is 2. The number of methoxy groups -OCH3 is 2. The Morgan fingerprint density at radius 2 is 2.00 bits per heavy atom. The first-order valence-electron chi connectivity index (χ1n) is 8.25. The number of hydrogen-bond acceptors (Lipinski definition) is 5. The molecule has 0 saturated heterocycles. The molecule has 0 unspecified atom stereocenters. The molecule has 1 aromatic heterocycles. The molecule has 0 spiro atoms. The fourth-order valence-corrected chi connectivity index (χ4v) is 3.78. The van der Waals surface area contributed by atoms with Gasteiger partial charge in [-0.1, -0.05) is 0 Å². The Morgan fingerprint density at radius 1 is 1.28 bits per heavy atom. The van der Waals surface area contributed by atoms with Crippen molar-refractivity contribution in [2.45, 2.75) is 26.4 Å². The topological polar surface area (TPSA) is 59.0 Å². The Bertz CT molecular complexity index is 772. The van der Waals surface area contributed by atoms with E-state index in [4.69, 9.17) is 9.47 Å². The van der Waals surface area contributed by atoms with Crippen LogP contribution in [-0.4, -0.2) is 43.7 Å². The van der Waals surface area contributed by atoms with Gasteiger partial charge in [-0.05, 0) is 36.6 Å². The number of benzene rings is 1. The lowest BCUT2D eigenvalue weighted by molar-refractivity contribution is 0.346. The molecule has 0 atom stereocenters. The van der Waals surface area contributed by atoms with Gasteiger partial charge < -0.3 is 19.7 Å². The highest BCUT2D eigenvalue weighted by Gasteiger charge is 2.21. The van der Waals surface area contributed by atoms with Gasteiger partial charge in [0, 0.05) is 31.2 Å². The summed E-state index contributed by atoms with van der Waals surface area (Å²) in [5, 5.41) is 4.52. The molecule has 0 bridgehead atoms. The van der Waals surface area contributed by atoms with Crippen LogP contribution in [-0.2, 0) is 19.5 Å². The zero-order valence-corrected chi connectivity index (χ0v) is 15.9. The van der Waals surface area contributed by atoms with E-state index < -0.39 is 0 Å². The second kappa shape index (κ2) is 7.74. The maximum Gasteiger partial charge on any atom is 0.194 e. The predicted octanol–water partition coefficient (Wildman–Crippen LogP) is 2.60. The fourth-order valence-electron chi connectivity index (χ4n) is 3.05. The van der Waals surface area contributed by atoms with Gasteiger partial charge in [-0.15, -0.1) is 11.3 Å². The molecule has 3 rings (SSSR count). The fraction of sp³-hybridized carbons (Fsp3) is 0.444. The van der Waals surface area contributed by atoms with E-state index in [2.05, 4.69) is 32.3 Å².